The smallest absolute Gasteiger partial charge is 0.158 e. The van der Waals surface area contributed by atoms with Crippen molar-refractivity contribution in [1.29, 1.82) is 0 Å². The molecule has 11 rings (SSSR count). The summed E-state index contributed by atoms with van der Waals surface area (Å²) in [5, 5.41) is 4.91. The molecule has 0 amide bonds. The molecule has 2 aromatic heterocycles. The molecule has 9 aromatic rings. The molecular weight excluding hydrogens is 657 g/mol. The number of hydrogen-bond acceptors (Lipinski definition) is 1. The molecule has 1 aliphatic carbocycles. The highest BCUT2D eigenvalue weighted by Gasteiger charge is 2.38. The van der Waals surface area contributed by atoms with Gasteiger partial charge in [0.05, 0.1) is 28.3 Å². The predicted octanol–water partition coefficient (Wildman–Crippen LogP) is 13.3. The zero-order chi connectivity index (χ0) is 36.1. The predicted molar refractivity (Wildman–Crippen MR) is 226 cm³/mol. The van der Waals surface area contributed by atoms with Gasteiger partial charge in [-0.15, -0.1) is 0 Å². The summed E-state index contributed by atoms with van der Waals surface area (Å²) in [6.45, 7) is 9.14. The second kappa shape index (κ2) is 11.3. The van der Waals surface area contributed by atoms with Crippen LogP contribution in [0.2, 0.25) is 0 Å². The molecule has 2 aliphatic rings. The molecule has 3 heterocycles. The number of para-hydroxylation sites is 2. The van der Waals surface area contributed by atoms with E-state index in [1.54, 1.807) is 6.26 Å². The van der Waals surface area contributed by atoms with Crippen LogP contribution in [0.3, 0.4) is 0 Å². The second-order valence-corrected chi connectivity index (χ2v) is 15.0. The second-order valence-electron chi connectivity index (χ2n) is 15.0. The number of hydrogen-bond donors (Lipinski definition) is 0. The number of allylic oxidation sites excluding steroid dienone is 4. The maximum atomic E-state index is 6.41. The van der Waals surface area contributed by atoms with Crippen molar-refractivity contribution < 1.29 is 4.74 Å². The molecule has 0 fully saturated rings. The highest BCUT2D eigenvalue weighted by atomic mass is 16.5. The van der Waals surface area contributed by atoms with Crippen molar-refractivity contribution in [1.82, 2.24) is 9.13 Å². The van der Waals surface area contributed by atoms with Gasteiger partial charge in [-0.1, -0.05) is 118 Å². The maximum absolute atomic E-state index is 6.41. The van der Waals surface area contributed by atoms with Crippen molar-refractivity contribution in [2.24, 2.45) is 0 Å². The lowest BCUT2D eigenvalue weighted by molar-refractivity contribution is 0.483. The fourth-order valence-electron chi connectivity index (χ4n) is 9.31. The molecule has 256 valence electrons. The van der Waals surface area contributed by atoms with E-state index in [4.69, 9.17) is 4.74 Å². The highest BCUT2D eigenvalue weighted by Crippen LogP contribution is 2.53. The Morgan fingerprint density at radius 3 is 1.93 bits per heavy atom. The average Bonchev–Trinajstić information content (AvgIpc) is 3.80. The molecule has 0 bridgehead atoms. The van der Waals surface area contributed by atoms with Crippen molar-refractivity contribution in [2.75, 3.05) is 0 Å². The Morgan fingerprint density at radius 2 is 1.17 bits per heavy atom. The van der Waals surface area contributed by atoms with E-state index in [1.807, 2.05) is 18.2 Å². The van der Waals surface area contributed by atoms with Crippen molar-refractivity contribution in [3.8, 4) is 39.4 Å². The van der Waals surface area contributed by atoms with Crippen LogP contribution in [0.25, 0.3) is 82.8 Å². The molecule has 0 spiro atoms. The molecule has 7 aromatic carbocycles. The Balaban J connectivity index is 1.19. The topological polar surface area (TPSA) is 19.1 Å². The number of nitrogens with zero attached hydrogens (tertiary/aromatic N) is 2. The molecule has 0 N–H and O–H groups in total. The first-order valence-electron chi connectivity index (χ1n) is 18.6. The lowest BCUT2D eigenvalue weighted by atomic mass is 9.80. The fraction of sp³-hybridized carbons (Fsp3) is 0.0588. The molecule has 0 atom stereocenters. The van der Waals surface area contributed by atoms with Crippen LogP contribution in [0, 0.1) is 0 Å². The van der Waals surface area contributed by atoms with Gasteiger partial charge in [-0.25, -0.2) is 0 Å². The van der Waals surface area contributed by atoms with E-state index >= 15 is 0 Å². The number of fused-ring (bicyclic) bond motifs is 12. The van der Waals surface area contributed by atoms with Gasteiger partial charge < -0.3 is 13.9 Å². The van der Waals surface area contributed by atoms with E-state index in [2.05, 4.69) is 175 Å². The minimum Gasteiger partial charge on any atom is -0.462 e. The van der Waals surface area contributed by atoms with E-state index in [9.17, 15) is 0 Å². The summed E-state index contributed by atoms with van der Waals surface area (Å²) in [4.78, 5) is 0. The van der Waals surface area contributed by atoms with Crippen LogP contribution in [0.4, 0.5) is 0 Å². The van der Waals surface area contributed by atoms with Gasteiger partial charge in [-0.2, -0.15) is 0 Å². The quantitative estimate of drug-likeness (QED) is 0.180. The minimum atomic E-state index is -0.148. The van der Waals surface area contributed by atoms with Gasteiger partial charge in [0, 0.05) is 43.9 Å². The molecule has 54 heavy (non-hydrogen) atoms. The van der Waals surface area contributed by atoms with E-state index in [0.717, 1.165) is 39.0 Å². The lowest BCUT2D eigenvalue weighted by Crippen LogP contribution is -2.15. The summed E-state index contributed by atoms with van der Waals surface area (Å²) in [6, 6.07) is 53.3. The number of ether oxygens (including phenoxy) is 1. The summed E-state index contributed by atoms with van der Waals surface area (Å²) in [5.74, 6) is 0.812. The van der Waals surface area contributed by atoms with E-state index < -0.39 is 0 Å². The van der Waals surface area contributed by atoms with Crippen LogP contribution >= 0.6 is 0 Å². The maximum Gasteiger partial charge on any atom is 0.158 e. The Kier molecular flexibility index (Phi) is 6.45. The fourth-order valence-corrected chi connectivity index (χ4v) is 9.31. The van der Waals surface area contributed by atoms with Crippen LogP contribution in [0.15, 0.2) is 177 Å². The first-order valence-corrected chi connectivity index (χ1v) is 18.6. The molecule has 0 saturated heterocycles. The normalized spacial score (nSPS) is 15.5. The summed E-state index contributed by atoms with van der Waals surface area (Å²) in [6.07, 6.45) is 7.69. The third-order valence-corrected chi connectivity index (χ3v) is 11.7. The number of benzene rings is 7. The molecule has 0 unspecified atom stereocenters. The first kappa shape index (κ1) is 30.8. The Hall–Kier alpha value is -6.84. The zero-order valence-electron chi connectivity index (χ0n) is 30.2. The third kappa shape index (κ3) is 4.24. The van der Waals surface area contributed by atoms with Crippen LogP contribution in [0.5, 0.6) is 5.75 Å². The monoisotopic (exact) mass is 692 g/mol. The highest BCUT2D eigenvalue weighted by molar-refractivity contribution is 6.16. The molecule has 0 saturated carbocycles. The van der Waals surface area contributed by atoms with Crippen molar-refractivity contribution >= 4 is 49.2 Å². The SMILES string of the molecule is C=C1/C=C\C=C/Oc2c1ccc1c3cc(-c4ccc5c(c4)c4c6c(ccc4n5-c4ccccc4)-c4ccccc4C6(C)C)ccc3n(-c3ccccc3)c21. The van der Waals surface area contributed by atoms with Gasteiger partial charge in [-0.05, 0) is 106 Å². The van der Waals surface area contributed by atoms with E-state index in [1.165, 1.54) is 66.3 Å². The standard InChI is InChI=1S/C51H36N2O/c1-32-14-12-13-29-54-50-37(32)23-24-40-41-30-33(21-26-44(41)53(49(40)50)36-17-8-5-9-18-36)34-22-27-45-42(31-34)47-46(52(45)35-15-6-4-7-16-35)28-25-39-38-19-10-11-20-43(38)51(2,3)48(39)47/h4-31H,1H2,2-3H3/b14-12-,29-13-. The van der Waals surface area contributed by atoms with Gasteiger partial charge in [0.25, 0.3) is 0 Å². The summed E-state index contributed by atoms with van der Waals surface area (Å²) in [5.41, 5.74) is 16.4. The lowest BCUT2D eigenvalue weighted by Gasteiger charge is -2.22. The molecular formula is C51H36N2O. The Bertz CT molecular complexity index is 3100. The van der Waals surface area contributed by atoms with E-state index in [-0.39, 0.29) is 5.41 Å². The van der Waals surface area contributed by atoms with Crippen molar-refractivity contribution in [3.05, 3.63) is 193 Å². The van der Waals surface area contributed by atoms with Crippen molar-refractivity contribution in [3.63, 3.8) is 0 Å². The zero-order valence-corrected chi connectivity index (χ0v) is 30.2. The minimum absolute atomic E-state index is 0.148. The van der Waals surface area contributed by atoms with Crippen LogP contribution in [-0.4, -0.2) is 9.13 Å². The molecule has 1 aliphatic heterocycles. The summed E-state index contributed by atoms with van der Waals surface area (Å²) in [7, 11) is 0. The van der Waals surface area contributed by atoms with Crippen LogP contribution in [-0.2, 0) is 5.41 Å². The summed E-state index contributed by atoms with van der Waals surface area (Å²) >= 11 is 0. The van der Waals surface area contributed by atoms with Gasteiger partial charge in [0.15, 0.2) is 5.75 Å². The first-order chi connectivity index (χ1) is 26.5. The molecule has 0 radical (unpaired) electrons. The number of rotatable bonds is 3. The van der Waals surface area contributed by atoms with Crippen molar-refractivity contribution in [2.45, 2.75) is 19.3 Å². The average molecular weight is 693 g/mol. The Labute approximate surface area is 314 Å². The third-order valence-electron chi connectivity index (χ3n) is 11.7. The van der Waals surface area contributed by atoms with Gasteiger partial charge in [0.2, 0.25) is 0 Å². The van der Waals surface area contributed by atoms with Crippen LogP contribution < -0.4 is 4.74 Å². The molecule has 3 nitrogen and oxygen atoms in total. The Morgan fingerprint density at radius 1 is 0.537 bits per heavy atom. The largest absolute Gasteiger partial charge is 0.462 e. The van der Waals surface area contributed by atoms with Gasteiger partial charge >= 0.3 is 0 Å². The summed E-state index contributed by atoms with van der Waals surface area (Å²) < 4.78 is 11.2. The van der Waals surface area contributed by atoms with E-state index in [0.29, 0.717) is 0 Å². The van der Waals surface area contributed by atoms with Gasteiger partial charge in [-0.3, -0.25) is 0 Å². The number of aromatic nitrogens is 2. The van der Waals surface area contributed by atoms with Crippen LogP contribution in [0.1, 0.15) is 30.5 Å². The van der Waals surface area contributed by atoms with Gasteiger partial charge in [0.1, 0.15) is 0 Å². The molecule has 3 heteroatoms.